The largest absolute Gasteiger partial charge is 0.330 e. The van der Waals surface area contributed by atoms with Crippen molar-refractivity contribution in [2.24, 2.45) is 23.0 Å². The van der Waals surface area contributed by atoms with E-state index >= 15 is 0 Å². The van der Waals surface area contributed by atoms with Gasteiger partial charge >= 0.3 is 0 Å². The lowest BCUT2D eigenvalue weighted by Gasteiger charge is -2.41. The normalized spacial score (nSPS) is 25.3. The molecule has 1 aliphatic rings. The second-order valence-electron chi connectivity index (χ2n) is 7.65. The van der Waals surface area contributed by atoms with E-state index in [1.165, 1.54) is 38.6 Å². The third-order valence-corrected chi connectivity index (χ3v) is 4.90. The molecule has 0 unspecified atom stereocenters. The molecule has 2 N–H and O–H groups in total. The van der Waals surface area contributed by atoms with Gasteiger partial charge in [-0.2, -0.15) is 0 Å². The zero-order chi connectivity index (χ0) is 14.5. The van der Waals surface area contributed by atoms with Crippen molar-refractivity contribution in [3.8, 4) is 0 Å². The van der Waals surface area contributed by atoms with Crippen molar-refractivity contribution in [1.82, 2.24) is 4.90 Å². The van der Waals surface area contributed by atoms with Gasteiger partial charge in [0.25, 0.3) is 0 Å². The van der Waals surface area contributed by atoms with Crippen molar-refractivity contribution in [3.05, 3.63) is 0 Å². The van der Waals surface area contributed by atoms with Crippen molar-refractivity contribution in [1.29, 1.82) is 0 Å². The Hall–Kier alpha value is -0.0800. The third-order valence-electron chi connectivity index (χ3n) is 4.90. The average molecular weight is 268 g/mol. The topological polar surface area (TPSA) is 29.3 Å². The van der Waals surface area contributed by atoms with Gasteiger partial charge in [0.15, 0.2) is 0 Å². The van der Waals surface area contributed by atoms with Crippen LogP contribution >= 0.6 is 0 Å². The molecule has 1 saturated carbocycles. The van der Waals surface area contributed by atoms with E-state index in [0.717, 1.165) is 31.0 Å². The second-order valence-corrected chi connectivity index (χ2v) is 7.65. The van der Waals surface area contributed by atoms with E-state index in [0.29, 0.717) is 0 Å². The molecule has 0 aromatic carbocycles. The Morgan fingerprint density at radius 1 is 1.16 bits per heavy atom. The van der Waals surface area contributed by atoms with Crippen LogP contribution in [0.3, 0.4) is 0 Å². The summed E-state index contributed by atoms with van der Waals surface area (Å²) >= 11 is 0. The summed E-state index contributed by atoms with van der Waals surface area (Å²) in [4.78, 5) is 2.73. The predicted molar refractivity (Wildman–Crippen MR) is 85.3 cm³/mol. The van der Waals surface area contributed by atoms with Crippen molar-refractivity contribution in [2.75, 3.05) is 19.6 Å². The van der Waals surface area contributed by atoms with E-state index in [1.54, 1.807) is 0 Å². The van der Waals surface area contributed by atoms with Crippen molar-refractivity contribution >= 4 is 0 Å². The van der Waals surface area contributed by atoms with Crippen LogP contribution in [-0.4, -0.2) is 30.6 Å². The lowest BCUT2D eigenvalue weighted by atomic mass is 9.78. The summed E-state index contributed by atoms with van der Waals surface area (Å²) in [5.74, 6) is 1.82. The molecule has 19 heavy (non-hydrogen) atoms. The summed E-state index contributed by atoms with van der Waals surface area (Å²) in [6.07, 6.45) is 6.88. The first-order valence-corrected chi connectivity index (χ1v) is 8.33. The zero-order valence-corrected chi connectivity index (χ0v) is 13.9. The Morgan fingerprint density at radius 2 is 1.74 bits per heavy atom. The van der Waals surface area contributed by atoms with Crippen LogP contribution in [0.2, 0.25) is 0 Å². The van der Waals surface area contributed by atoms with Crippen LogP contribution in [-0.2, 0) is 0 Å². The minimum atomic E-state index is 0.254. The maximum atomic E-state index is 5.92. The van der Waals surface area contributed by atoms with Gasteiger partial charge in [-0.05, 0) is 62.4 Å². The molecule has 0 saturated heterocycles. The van der Waals surface area contributed by atoms with Crippen LogP contribution in [0.15, 0.2) is 0 Å². The maximum Gasteiger partial charge on any atom is 0.00957 e. The molecule has 0 bridgehead atoms. The average Bonchev–Trinajstić information content (AvgIpc) is 2.38. The molecule has 2 heteroatoms. The van der Waals surface area contributed by atoms with Crippen LogP contribution < -0.4 is 5.73 Å². The quantitative estimate of drug-likeness (QED) is 0.759. The highest BCUT2D eigenvalue weighted by Gasteiger charge is 2.29. The predicted octanol–water partition coefficient (Wildman–Crippen LogP) is 3.90. The maximum absolute atomic E-state index is 5.92. The van der Waals surface area contributed by atoms with Crippen molar-refractivity contribution in [3.63, 3.8) is 0 Å². The molecule has 0 amide bonds. The number of hydrogen-bond acceptors (Lipinski definition) is 2. The highest BCUT2D eigenvalue weighted by molar-refractivity contribution is 4.84. The minimum absolute atomic E-state index is 0.254. The molecule has 2 nitrogen and oxygen atoms in total. The smallest absolute Gasteiger partial charge is 0.00957 e. The fourth-order valence-corrected chi connectivity index (χ4v) is 3.43. The summed E-state index contributed by atoms with van der Waals surface area (Å²) in [6.45, 7) is 14.8. The minimum Gasteiger partial charge on any atom is -0.330 e. The van der Waals surface area contributed by atoms with Gasteiger partial charge in [0.05, 0.1) is 0 Å². The van der Waals surface area contributed by atoms with Gasteiger partial charge in [-0.1, -0.05) is 34.6 Å². The SMILES string of the molecule is CCCN(CC(C)(C)CN)C1CCC(C(C)C)CC1. The Bertz CT molecular complexity index is 240. The van der Waals surface area contributed by atoms with Gasteiger partial charge in [-0.25, -0.2) is 0 Å². The molecule has 1 fully saturated rings. The molecule has 114 valence electrons. The van der Waals surface area contributed by atoms with Gasteiger partial charge in [-0.15, -0.1) is 0 Å². The van der Waals surface area contributed by atoms with Crippen LogP contribution in [0.1, 0.15) is 66.7 Å². The summed E-state index contributed by atoms with van der Waals surface area (Å²) in [5, 5.41) is 0. The Labute approximate surface area is 121 Å². The molecular weight excluding hydrogens is 232 g/mol. The Balaban J connectivity index is 2.53. The van der Waals surface area contributed by atoms with E-state index in [4.69, 9.17) is 5.73 Å². The first-order chi connectivity index (χ1) is 8.89. The summed E-state index contributed by atoms with van der Waals surface area (Å²) in [7, 11) is 0. The van der Waals surface area contributed by atoms with Gasteiger partial charge in [0.2, 0.25) is 0 Å². The van der Waals surface area contributed by atoms with Crippen LogP contribution in [0.5, 0.6) is 0 Å². The number of nitrogens with two attached hydrogens (primary N) is 1. The molecule has 0 aromatic heterocycles. The molecule has 0 atom stereocenters. The molecule has 0 aromatic rings. The van der Waals surface area contributed by atoms with E-state index in [1.807, 2.05) is 0 Å². The molecular formula is C17H36N2. The molecule has 0 radical (unpaired) electrons. The van der Waals surface area contributed by atoms with E-state index in [2.05, 4.69) is 39.5 Å². The van der Waals surface area contributed by atoms with E-state index in [9.17, 15) is 0 Å². The highest BCUT2D eigenvalue weighted by Crippen LogP contribution is 2.33. The molecule has 0 aliphatic heterocycles. The highest BCUT2D eigenvalue weighted by atomic mass is 15.2. The first kappa shape index (κ1) is 17.0. The van der Waals surface area contributed by atoms with E-state index in [-0.39, 0.29) is 5.41 Å². The van der Waals surface area contributed by atoms with E-state index < -0.39 is 0 Å². The Morgan fingerprint density at radius 3 is 2.16 bits per heavy atom. The van der Waals surface area contributed by atoms with Gasteiger partial charge in [-0.3, -0.25) is 4.90 Å². The fourth-order valence-electron chi connectivity index (χ4n) is 3.43. The lowest BCUT2D eigenvalue weighted by Crippen LogP contribution is -2.46. The van der Waals surface area contributed by atoms with Crippen LogP contribution in [0, 0.1) is 17.3 Å². The molecule has 0 heterocycles. The molecule has 1 rings (SSSR count). The summed E-state index contributed by atoms with van der Waals surface area (Å²) in [6, 6.07) is 0.806. The van der Waals surface area contributed by atoms with Crippen molar-refractivity contribution < 1.29 is 0 Å². The standard InChI is InChI=1S/C17H36N2/c1-6-11-19(13-17(4,5)12-18)16-9-7-15(8-10-16)14(2)3/h14-16H,6-13,18H2,1-5H3. The Kier molecular flexibility index (Phi) is 6.82. The van der Waals surface area contributed by atoms with Crippen LogP contribution in [0.25, 0.3) is 0 Å². The summed E-state index contributed by atoms with van der Waals surface area (Å²) < 4.78 is 0. The lowest BCUT2D eigenvalue weighted by molar-refractivity contribution is 0.0870. The fraction of sp³-hybridized carbons (Fsp3) is 1.00. The monoisotopic (exact) mass is 268 g/mol. The van der Waals surface area contributed by atoms with Gasteiger partial charge in [0, 0.05) is 12.6 Å². The second kappa shape index (κ2) is 7.64. The third kappa shape index (κ3) is 5.43. The number of nitrogens with zero attached hydrogens (tertiary/aromatic N) is 1. The zero-order valence-electron chi connectivity index (χ0n) is 13.9. The molecule has 1 aliphatic carbocycles. The summed E-state index contributed by atoms with van der Waals surface area (Å²) in [5.41, 5.74) is 6.17. The first-order valence-electron chi connectivity index (χ1n) is 8.33. The number of rotatable bonds is 7. The number of hydrogen-bond donors (Lipinski definition) is 1. The van der Waals surface area contributed by atoms with Gasteiger partial charge < -0.3 is 5.73 Å². The van der Waals surface area contributed by atoms with Gasteiger partial charge in [0.1, 0.15) is 0 Å². The van der Waals surface area contributed by atoms with Crippen LogP contribution in [0.4, 0.5) is 0 Å². The van der Waals surface area contributed by atoms with Crippen molar-refractivity contribution in [2.45, 2.75) is 72.8 Å². The molecule has 0 spiro atoms.